The van der Waals surface area contributed by atoms with Crippen molar-refractivity contribution in [3.05, 3.63) is 142 Å². The molecule has 45 heavy (non-hydrogen) atoms. The van der Waals surface area contributed by atoms with E-state index in [1.807, 2.05) is 36.4 Å². The second kappa shape index (κ2) is 12.5. The Morgan fingerprint density at radius 2 is 1.91 bits per heavy atom. The van der Waals surface area contributed by atoms with Crippen LogP contribution in [0.2, 0.25) is 0 Å². The van der Waals surface area contributed by atoms with E-state index in [4.69, 9.17) is 18.9 Å². The summed E-state index contributed by atoms with van der Waals surface area (Å²) in [5.74, 6) is 0.843. The lowest BCUT2D eigenvalue weighted by atomic mass is 9.93. The van der Waals surface area contributed by atoms with Gasteiger partial charge in [-0.3, -0.25) is 19.5 Å². The Balaban J connectivity index is 1.54. The predicted molar refractivity (Wildman–Crippen MR) is 173 cm³/mol. The zero-order chi connectivity index (χ0) is 31.7. The Labute approximate surface area is 268 Å². The summed E-state index contributed by atoms with van der Waals surface area (Å²) in [6, 6.07) is 23.5. The van der Waals surface area contributed by atoms with Gasteiger partial charge in [0, 0.05) is 33.8 Å². The summed E-state index contributed by atoms with van der Waals surface area (Å²) >= 11 is 4.55. The monoisotopic (exact) mass is 685 g/mol. The number of furan rings is 1. The van der Waals surface area contributed by atoms with Crippen LogP contribution >= 0.6 is 27.3 Å². The molecule has 0 radical (unpaired) electrons. The van der Waals surface area contributed by atoms with E-state index < -0.39 is 16.9 Å². The third-order valence-electron chi connectivity index (χ3n) is 7.11. The number of methoxy groups -OCH3 is 1. The molecule has 0 saturated carbocycles. The minimum atomic E-state index is -0.851. The first kappa shape index (κ1) is 30.0. The number of aromatic nitrogens is 1. The van der Waals surface area contributed by atoms with Gasteiger partial charge in [-0.05, 0) is 58.7 Å². The Bertz CT molecular complexity index is 2170. The van der Waals surface area contributed by atoms with Gasteiger partial charge in [-0.15, -0.1) is 0 Å². The van der Waals surface area contributed by atoms with E-state index in [0.29, 0.717) is 53.5 Å². The van der Waals surface area contributed by atoms with Gasteiger partial charge in [0.15, 0.2) is 4.80 Å². The van der Waals surface area contributed by atoms with Crippen LogP contribution in [0.1, 0.15) is 29.9 Å². The second-order valence-electron chi connectivity index (χ2n) is 9.83. The lowest BCUT2D eigenvalue weighted by Crippen LogP contribution is -2.40. The topological polar surface area (TPSA) is 126 Å². The number of benzene rings is 3. The van der Waals surface area contributed by atoms with Crippen LogP contribution in [0.3, 0.4) is 0 Å². The molecule has 3 aromatic carbocycles. The summed E-state index contributed by atoms with van der Waals surface area (Å²) in [4.78, 5) is 43.6. The third kappa shape index (κ3) is 5.77. The summed E-state index contributed by atoms with van der Waals surface area (Å²) in [5, 5.41) is 11.1. The molecule has 1 aliphatic rings. The first-order chi connectivity index (χ1) is 21.8. The highest BCUT2D eigenvalue weighted by atomic mass is 79.9. The summed E-state index contributed by atoms with van der Waals surface area (Å²) in [7, 11) is 1.55. The van der Waals surface area contributed by atoms with Gasteiger partial charge in [0.05, 0.1) is 40.5 Å². The molecular weight excluding hydrogens is 662 g/mol. The van der Waals surface area contributed by atoms with Crippen LogP contribution in [0.25, 0.3) is 23.1 Å². The van der Waals surface area contributed by atoms with E-state index in [2.05, 4.69) is 15.9 Å². The van der Waals surface area contributed by atoms with Crippen LogP contribution in [-0.4, -0.2) is 29.2 Å². The molecule has 0 amide bonds. The fourth-order valence-electron chi connectivity index (χ4n) is 5.09. The number of rotatable bonds is 8. The predicted octanol–water partition coefficient (Wildman–Crippen LogP) is 5.87. The van der Waals surface area contributed by atoms with Crippen molar-refractivity contribution in [1.29, 1.82) is 0 Å². The Morgan fingerprint density at radius 1 is 1.11 bits per heavy atom. The van der Waals surface area contributed by atoms with Crippen molar-refractivity contribution in [2.24, 2.45) is 4.99 Å². The Kier molecular flexibility index (Phi) is 8.33. The van der Waals surface area contributed by atoms with Crippen molar-refractivity contribution in [2.75, 3.05) is 13.7 Å². The highest BCUT2D eigenvalue weighted by Gasteiger charge is 2.35. The highest BCUT2D eigenvalue weighted by Crippen LogP contribution is 2.36. The molecule has 12 heteroatoms. The van der Waals surface area contributed by atoms with Gasteiger partial charge < -0.3 is 13.9 Å². The number of nitro benzene ring substituents is 1. The normalized spacial score (nSPS) is 14.6. The first-order valence-electron chi connectivity index (χ1n) is 13.8. The van der Waals surface area contributed by atoms with E-state index in [-0.39, 0.29) is 23.4 Å². The molecule has 10 nitrogen and oxygen atoms in total. The number of hydrogen-bond donors (Lipinski definition) is 0. The number of fused-ring (bicyclic) bond motifs is 1. The summed E-state index contributed by atoms with van der Waals surface area (Å²) in [5.41, 5.74) is 2.20. The average molecular weight is 687 g/mol. The number of hydrogen-bond acceptors (Lipinski definition) is 9. The maximum absolute atomic E-state index is 14.1. The van der Waals surface area contributed by atoms with Gasteiger partial charge in [0.1, 0.15) is 17.3 Å². The molecule has 0 spiro atoms. The third-order valence-corrected chi connectivity index (χ3v) is 8.75. The average Bonchev–Trinajstić information content (AvgIpc) is 3.64. The highest BCUT2D eigenvalue weighted by molar-refractivity contribution is 9.10. The van der Waals surface area contributed by atoms with Crippen LogP contribution in [0, 0.1) is 10.1 Å². The van der Waals surface area contributed by atoms with Crippen molar-refractivity contribution >= 4 is 50.7 Å². The van der Waals surface area contributed by atoms with Crippen molar-refractivity contribution in [3.63, 3.8) is 0 Å². The molecule has 0 unspecified atom stereocenters. The van der Waals surface area contributed by atoms with Gasteiger partial charge in [-0.25, -0.2) is 9.79 Å². The largest absolute Gasteiger partial charge is 0.497 e. The van der Waals surface area contributed by atoms with Crippen LogP contribution in [-0.2, 0) is 9.53 Å². The van der Waals surface area contributed by atoms with Crippen molar-refractivity contribution < 1.29 is 23.6 Å². The molecule has 0 N–H and O–H groups in total. The standard InChI is InChI=1S/C33H24BrN3O7S/c1-3-43-32(39)28-29(19-8-5-4-6-9-19)35-33-36(30(28)20-10-7-11-22(16-20)42-2)31(38)27(45-33)18-23-13-15-26(44-23)24-14-12-21(37(40)41)17-25(24)34/h4-18,30H,3H2,1-2H3/b27-18-/t30-/m1/s1. The maximum atomic E-state index is 14.1. The van der Waals surface area contributed by atoms with E-state index in [1.165, 1.54) is 28.0 Å². The van der Waals surface area contributed by atoms with Gasteiger partial charge >= 0.3 is 5.97 Å². The number of halogens is 1. The lowest BCUT2D eigenvalue weighted by molar-refractivity contribution is -0.384. The second-order valence-corrected chi connectivity index (χ2v) is 11.7. The molecule has 2 aromatic heterocycles. The molecule has 0 bridgehead atoms. The zero-order valence-electron chi connectivity index (χ0n) is 23.9. The first-order valence-corrected chi connectivity index (χ1v) is 15.4. The Morgan fingerprint density at radius 3 is 2.62 bits per heavy atom. The molecule has 6 rings (SSSR count). The molecule has 0 saturated heterocycles. The van der Waals surface area contributed by atoms with Crippen molar-refractivity contribution in [3.8, 4) is 17.1 Å². The molecular formula is C33H24BrN3O7S. The van der Waals surface area contributed by atoms with E-state index in [1.54, 1.807) is 56.5 Å². The van der Waals surface area contributed by atoms with Crippen LogP contribution < -0.4 is 19.6 Å². The number of carbonyl (C=O) groups excluding carboxylic acids is 1. The van der Waals surface area contributed by atoms with Gasteiger partial charge in [0.2, 0.25) is 0 Å². The molecule has 0 aliphatic carbocycles. The fourth-order valence-corrected chi connectivity index (χ4v) is 6.63. The van der Waals surface area contributed by atoms with Crippen LogP contribution in [0.5, 0.6) is 5.75 Å². The van der Waals surface area contributed by atoms with Gasteiger partial charge in [-0.1, -0.05) is 53.8 Å². The van der Waals surface area contributed by atoms with Crippen molar-refractivity contribution in [2.45, 2.75) is 13.0 Å². The van der Waals surface area contributed by atoms with Gasteiger partial charge in [0.25, 0.3) is 11.2 Å². The van der Waals surface area contributed by atoms with Gasteiger partial charge in [-0.2, -0.15) is 0 Å². The summed E-state index contributed by atoms with van der Waals surface area (Å²) in [6.07, 6.45) is 1.62. The zero-order valence-corrected chi connectivity index (χ0v) is 26.3. The number of non-ortho nitro benzene ring substituents is 1. The van der Waals surface area contributed by atoms with E-state index >= 15 is 0 Å². The number of nitrogens with zero attached hydrogens (tertiary/aromatic N) is 3. The maximum Gasteiger partial charge on any atom is 0.338 e. The fraction of sp³-hybridized carbons (Fsp3) is 0.121. The molecule has 0 fully saturated rings. The molecule has 3 heterocycles. The number of esters is 1. The molecule has 226 valence electrons. The van der Waals surface area contributed by atoms with E-state index in [0.717, 1.165) is 0 Å². The molecule has 1 atom stereocenters. The quantitative estimate of drug-likeness (QED) is 0.114. The molecule has 5 aromatic rings. The number of carbonyl (C=O) groups is 1. The van der Waals surface area contributed by atoms with E-state index in [9.17, 15) is 19.7 Å². The Hall–Kier alpha value is -5.07. The van der Waals surface area contributed by atoms with Crippen LogP contribution in [0.15, 0.2) is 109 Å². The number of nitro groups is 1. The number of ether oxygens (including phenoxy) is 2. The molecule has 1 aliphatic heterocycles. The number of thiazole rings is 1. The summed E-state index contributed by atoms with van der Waals surface area (Å²) in [6.45, 7) is 1.87. The smallest absolute Gasteiger partial charge is 0.338 e. The lowest BCUT2D eigenvalue weighted by Gasteiger charge is -2.26. The van der Waals surface area contributed by atoms with Crippen LogP contribution in [0.4, 0.5) is 5.69 Å². The minimum Gasteiger partial charge on any atom is -0.497 e. The minimum absolute atomic E-state index is 0.0545. The van der Waals surface area contributed by atoms with Crippen molar-refractivity contribution in [1.82, 2.24) is 4.57 Å². The SMILES string of the molecule is CCOC(=O)C1=C(c2ccccc2)N=c2s/c(=C\c3ccc(-c4ccc([N+](=O)[O-])cc4Br)o3)c(=O)n2[C@@H]1c1cccc(OC)c1. The summed E-state index contributed by atoms with van der Waals surface area (Å²) < 4.78 is 19.4.